The molecule has 1 heterocycles. The van der Waals surface area contributed by atoms with E-state index in [1.165, 1.54) is 5.56 Å². The fraction of sp³-hybridized carbons (Fsp3) is 0.143. The Labute approximate surface area is 115 Å². The molecule has 2 rings (SSSR count). The minimum Gasteiger partial charge on any atom is -0.378 e. The van der Waals surface area contributed by atoms with Crippen LogP contribution in [-0.4, -0.2) is 4.98 Å². The topological polar surface area (TPSA) is 48.7 Å². The highest BCUT2D eigenvalue weighted by Crippen LogP contribution is 2.22. The van der Waals surface area contributed by atoms with Crippen molar-refractivity contribution in [2.24, 2.45) is 0 Å². The van der Waals surface area contributed by atoms with Crippen molar-refractivity contribution in [2.75, 3.05) is 5.32 Å². The molecule has 2 aromatic rings. The van der Waals surface area contributed by atoms with Crippen LogP contribution in [0.15, 0.2) is 47.1 Å². The molecular weight excluding hydrogens is 290 g/mol. The summed E-state index contributed by atoms with van der Waals surface area (Å²) in [6.45, 7) is 2.08. The fourth-order valence-corrected chi connectivity index (χ4v) is 2.11. The maximum Gasteiger partial charge on any atom is 0.142 e. The summed E-state index contributed by atoms with van der Waals surface area (Å²) in [6.07, 6.45) is 1.63. The van der Waals surface area contributed by atoms with Crippen LogP contribution in [0.1, 0.15) is 24.2 Å². The zero-order valence-electron chi connectivity index (χ0n) is 9.89. The van der Waals surface area contributed by atoms with Crippen LogP contribution in [0.4, 0.5) is 5.69 Å². The van der Waals surface area contributed by atoms with E-state index in [1.807, 2.05) is 24.3 Å². The third-order valence-electron chi connectivity index (χ3n) is 2.61. The molecule has 0 radical (unpaired) electrons. The second-order valence-corrected chi connectivity index (χ2v) is 4.88. The van der Waals surface area contributed by atoms with Crippen LogP contribution in [0.5, 0.6) is 0 Å². The van der Waals surface area contributed by atoms with Crippen molar-refractivity contribution in [3.63, 3.8) is 0 Å². The maximum atomic E-state index is 8.80. The van der Waals surface area contributed by atoms with Crippen LogP contribution in [0.2, 0.25) is 0 Å². The molecule has 0 saturated heterocycles. The molecule has 90 valence electrons. The van der Waals surface area contributed by atoms with E-state index in [0.29, 0.717) is 5.69 Å². The minimum atomic E-state index is 0.163. The molecule has 1 aromatic heterocycles. The zero-order chi connectivity index (χ0) is 13.0. The summed E-state index contributed by atoms with van der Waals surface area (Å²) in [4.78, 5) is 3.94. The number of rotatable bonds is 3. The summed E-state index contributed by atoms with van der Waals surface area (Å²) in [7, 11) is 0. The van der Waals surface area contributed by atoms with Crippen LogP contribution >= 0.6 is 15.9 Å². The first-order valence-electron chi connectivity index (χ1n) is 5.57. The van der Waals surface area contributed by atoms with Gasteiger partial charge in [0.15, 0.2) is 0 Å². The van der Waals surface area contributed by atoms with Crippen molar-refractivity contribution >= 4 is 21.6 Å². The average molecular weight is 302 g/mol. The smallest absolute Gasteiger partial charge is 0.142 e. The number of nitriles is 1. The number of hydrogen-bond donors (Lipinski definition) is 1. The van der Waals surface area contributed by atoms with E-state index in [0.717, 1.165) is 10.2 Å². The molecule has 3 nitrogen and oxygen atoms in total. The Morgan fingerprint density at radius 1 is 1.33 bits per heavy atom. The molecular formula is C14H12BrN3. The van der Waals surface area contributed by atoms with E-state index < -0.39 is 0 Å². The first-order valence-corrected chi connectivity index (χ1v) is 6.36. The molecule has 1 unspecified atom stereocenters. The standard InChI is InChI=1S/C14H12BrN3/c1-10(11-3-2-4-12(15)7-11)18-13-5-6-17-14(8-13)9-16/h2-8,10H,1H3,(H,17,18). The van der Waals surface area contributed by atoms with Gasteiger partial charge in [0.2, 0.25) is 0 Å². The Bertz CT molecular complexity index is 590. The molecule has 0 spiro atoms. The lowest BCUT2D eigenvalue weighted by Gasteiger charge is -2.15. The van der Waals surface area contributed by atoms with E-state index in [-0.39, 0.29) is 6.04 Å². The van der Waals surface area contributed by atoms with E-state index >= 15 is 0 Å². The lowest BCUT2D eigenvalue weighted by atomic mass is 10.1. The molecule has 1 aromatic carbocycles. The Morgan fingerprint density at radius 3 is 2.89 bits per heavy atom. The Morgan fingerprint density at radius 2 is 2.17 bits per heavy atom. The molecule has 0 bridgehead atoms. The number of pyridine rings is 1. The van der Waals surface area contributed by atoms with Crippen LogP contribution in [0.3, 0.4) is 0 Å². The van der Waals surface area contributed by atoms with Gasteiger partial charge in [-0.2, -0.15) is 5.26 Å². The third-order valence-corrected chi connectivity index (χ3v) is 3.10. The number of hydrogen-bond acceptors (Lipinski definition) is 3. The molecule has 18 heavy (non-hydrogen) atoms. The van der Waals surface area contributed by atoms with Gasteiger partial charge in [-0.05, 0) is 36.8 Å². The molecule has 0 aliphatic heterocycles. The fourth-order valence-electron chi connectivity index (χ4n) is 1.69. The van der Waals surface area contributed by atoms with Crippen molar-refractivity contribution in [3.8, 4) is 6.07 Å². The van der Waals surface area contributed by atoms with E-state index in [1.54, 1.807) is 12.3 Å². The van der Waals surface area contributed by atoms with E-state index in [9.17, 15) is 0 Å². The molecule has 4 heteroatoms. The van der Waals surface area contributed by atoms with Gasteiger partial charge in [-0.15, -0.1) is 0 Å². The molecule has 1 atom stereocenters. The summed E-state index contributed by atoms with van der Waals surface area (Å²) >= 11 is 3.46. The van der Waals surface area contributed by atoms with Gasteiger partial charge in [0.1, 0.15) is 11.8 Å². The minimum absolute atomic E-state index is 0.163. The maximum absolute atomic E-state index is 8.80. The molecule has 0 fully saturated rings. The summed E-state index contributed by atoms with van der Waals surface area (Å²) in [5.41, 5.74) is 2.50. The predicted molar refractivity (Wildman–Crippen MR) is 75.1 cm³/mol. The van der Waals surface area contributed by atoms with Gasteiger partial charge in [0.25, 0.3) is 0 Å². The van der Waals surface area contributed by atoms with Gasteiger partial charge < -0.3 is 5.32 Å². The first-order chi connectivity index (χ1) is 8.69. The van der Waals surface area contributed by atoms with E-state index in [4.69, 9.17) is 5.26 Å². The Balaban J connectivity index is 2.16. The van der Waals surface area contributed by atoms with Crippen molar-refractivity contribution in [1.29, 1.82) is 5.26 Å². The quantitative estimate of drug-likeness (QED) is 0.935. The molecule has 0 saturated carbocycles. The molecule has 1 N–H and O–H groups in total. The normalized spacial score (nSPS) is 11.6. The van der Waals surface area contributed by atoms with Crippen molar-refractivity contribution in [3.05, 3.63) is 58.3 Å². The predicted octanol–water partition coefficient (Wildman–Crippen LogP) is 3.89. The second-order valence-electron chi connectivity index (χ2n) is 3.96. The van der Waals surface area contributed by atoms with Crippen molar-refractivity contribution in [2.45, 2.75) is 13.0 Å². The second kappa shape index (κ2) is 5.65. The SMILES string of the molecule is CC(Nc1ccnc(C#N)c1)c1cccc(Br)c1. The lowest BCUT2D eigenvalue weighted by Crippen LogP contribution is -2.06. The van der Waals surface area contributed by atoms with Crippen molar-refractivity contribution in [1.82, 2.24) is 4.98 Å². The largest absolute Gasteiger partial charge is 0.378 e. The van der Waals surface area contributed by atoms with Crippen LogP contribution in [0.25, 0.3) is 0 Å². The molecule has 0 aliphatic carbocycles. The average Bonchev–Trinajstić information content (AvgIpc) is 2.39. The highest BCUT2D eigenvalue weighted by molar-refractivity contribution is 9.10. The van der Waals surface area contributed by atoms with E-state index in [2.05, 4.69) is 45.3 Å². The van der Waals surface area contributed by atoms with Gasteiger partial charge in [0, 0.05) is 22.4 Å². The van der Waals surface area contributed by atoms with Crippen LogP contribution in [-0.2, 0) is 0 Å². The van der Waals surface area contributed by atoms with Crippen molar-refractivity contribution < 1.29 is 0 Å². The summed E-state index contributed by atoms with van der Waals surface area (Å²) < 4.78 is 1.06. The highest BCUT2D eigenvalue weighted by Gasteiger charge is 2.06. The summed E-state index contributed by atoms with van der Waals surface area (Å²) in [5.74, 6) is 0. The molecule has 0 aliphatic rings. The number of benzene rings is 1. The summed E-state index contributed by atoms with van der Waals surface area (Å²) in [6, 6.07) is 13.9. The Kier molecular flexibility index (Phi) is 3.96. The number of nitrogens with one attached hydrogen (secondary N) is 1. The van der Waals surface area contributed by atoms with Gasteiger partial charge in [-0.1, -0.05) is 28.1 Å². The van der Waals surface area contributed by atoms with Gasteiger partial charge >= 0.3 is 0 Å². The molecule has 0 amide bonds. The highest BCUT2D eigenvalue weighted by atomic mass is 79.9. The number of anilines is 1. The number of nitrogens with zero attached hydrogens (tertiary/aromatic N) is 2. The lowest BCUT2D eigenvalue weighted by molar-refractivity contribution is 0.883. The number of halogens is 1. The number of aromatic nitrogens is 1. The van der Waals surface area contributed by atoms with Gasteiger partial charge in [0.05, 0.1) is 0 Å². The van der Waals surface area contributed by atoms with Crippen LogP contribution < -0.4 is 5.32 Å². The Hall–Kier alpha value is -1.86. The summed E-state index contributed by atoms with van der Waals surface area (Å²) in [5, 5.41) is 12.2. The third kappa shape index (κ3) is 3.08. The zero-order valence-corrected chi connectivity index (χ0v) is 11.5. The van der Waals surface area contributed by atoms with Crippen LogP contribution in [0, 0.1) is 11.3 Å². The van der Waals surface area contributed by atoms with Gasteiger partial charge in [-0.25, -0.2) is 4.98 Å². The monoisotopic (exact) mass is 301 g/mol. The van der Waals surface area contributed by atoms with Gasteiger partial charge in [-0.3, -0.25) is 0 Å². The first kappa shape index (κ1) is 12.6.